The van der Waals surface area contributed by atoms with Crippen molar-refractivity contribution < 1.29 is 9.32 Å². The number of hydrogen-bond donors (Lipinski definition) is 0. The average Bonchev–Trinajstić information content (AvgIpc) is 3.16. The zero-order valence-electron chi connectivity index (χ0n) is 17.1. The van der Waals surface area contributed by atoms with E-state index < -0.39 is 0 Å². The van der Waals surface area contributed by atoms with Gasteiger partial charge >= 0.3 is 0 Å². The summed E-state index contributed by atoms with van der Waals surface area (Å²) < 4.78 is 5.28. The Bertz CT molecular complexity index is 975. The molecule has 4 rings (SSSR count). The molecule has 1 fully saturated rings. The van der Waals surface area contributed by atoms with E-state index in [1.54, 1.807) is 0 Å². The fourth-order valence-corrected chi connectivity index (χ4v) is 3.69. The third-order valence-electron chi connectivity index (χ3n) is 5.41. The van der Waals surface area contributed by atoms with E-state index in [1.165, 1.54) is 4.80 Å². The Morgan fingerprint density at radius 1 is 1.00 bits per heavy atom. The number of nitrogens with zero attached hydrogens (tertiary/aromatic N) is 6. The van der Waals surface area contributed by atoms with Crippen LogP contribution in [-0.2, 0) is 6.54 Å². The number of rotatable bonds is 4. The Morgan fingerprint density at radius 3 is 2.52 bits per heavy atom. The standard InChI is InChI=1S/C21H26N6O2/c1-15-19(17(3)29-24-15)14-25-10-7-11-26(13-12-25)21(28)20-16(2)22-27(23-20)18-8-5-4-6-9-18/h4-6,8-9H,7,10-14H2,1-3H3. The Balaban J connectivity index is 1.44. The van der Waals surface area contributed by atoms with E-state index in [0.29, 0.717) is 24.5 Å². The van der Waals surface area contributed by atoms with Crippen molar-refractivity contribution in [3.05, 3.63) is 58.7 Å². The zero-order chi connectivity index (χ0) is 20.4. The largest absolute Gasteiger partial charge is 0.361 e. The molecular weight excluding hydrogens is 368 g/mol. The summed E-state index contributed by atoms with van der Waals surface area (Å²) in [5.74, 6) is 0.816. The predicted octanol–water partition coefficient (Wildman–Crippen LogP) is 2.53. The van der Waals surface area contributed by atoms with Gasteiger partial charge in [-0.05, 0) is 39.3 Å². The highest BCUT2D eigenvalue weighted by atomic mass is 16.5. The van der Waals surface area contributed by atoms with E-state index in [9.17, 15) is 4.79 Å². The monoisotopic (exact) mass is 394 g/mol. The predicted molar refractivity (Wildman–Crippen MR) is 108 cm³/mol. The van der Waals surface area contributed by atoms with Crippen molar-refractivity contribution in [3.8, 4) is 5.69 Å². The van der Waals surface area contributed by atoms with Gasteiger partial charge in [0.15, 0.2) is 5.69 Å². The molecule has 1 amide bonds. The molecule has 1 aliphatic heterocycles. The molecule has 152 valence electrons. The summed E-state index contributed by atoms with van der Waals surface area (Å²) in [6, 6.07) is 9.64. The minimum absolute atomic E-state index is 0.0520. The van der Waals surface area contributed by atoms with Crippen molar-refractivity contribution in [2.45, 2.75) is 33.7 Å². The molecule has 0 aliphatic carbocycles. The van der Waals surface area contributed by atoms with Gasteiger partial charge in [-0.1, -0.05) is 23.4 Å². The lowest BCUT2D eigenvalue weighted by Crippen LogP contribution is -2.35. The molecule has 8 heteroatoms. The van der Waals surface area contributed by atoms with Crippen molar-refractivity contribution in [1.82, 2.24) is 30.0 Å². The number of amides is 1. The SMILES string of the molecule is Cc1nn(-c2ccccc2)nc1C(=O)N1CCCN(Cc2c(C)noc2C)CC1. The Hall–Kier alpha value is -3.00. The average molecular weight is 394 g/mol. The molecule has 8 nitrogen and oxygen atoms in total. The zero-order valence-corrected chi connectivity index (χ0v) is 17.1. The first-order chi connectivity index (χ1) is 14.0. The quantitative estimate of drug-likeness (QED) is 0.676. The maximum atomic E-state index is 13.1. The molecule has 0 N–H and O–H groups in total. The van der Waals surface area contributed by atoms with Gasteiger partial charge in [-0.3, -0.25) is 9.69 Å². The lowest BCUT2D eigenvalue weighted by molar-refractivity contribution is 0.0754. The number of aromatic nitrogens is 4. The summed E-state index contributed by atoms with van der Waals surface area (Å²) in [5.41, 5.74) is 4.00. The normalized spacial score (nSPS) is 15.5. The molecular formula is C21H26N6O2. The second-order valence-corrected chi connectivity index (χ2v) is 7.48. The highest BCUT2D eigenvalue weighted by molar-refractivity contribution is 5.93. The Morgan fingerprint density at radius 2 is 1.79 bits per heavy atom. The second-order valence-electron chi connectivity index (χ2n) is 7.48. The van der Waals surface area contributed by atoms with Crippen LogP contribution in [0.5, 0.6) is 0 Å². The van der Waals surface area contributed by atoms with Crippen LogP contribution in [0.1, 0.15) is 39.6 Å². The van der Waals surface area contributed by atoms with Crippen molar-refractivity contribution in [1.29, 1.82) is 0 Å². The van der Waals surface area contributed by atoms with Gasteiger partial charge in [0.25, 0.3) is 5.91 Å². The summed E-state index contributed by atoms with van der Waals surface area (Å²) in [7, 11) is 0. The third kappa shape index (κ3) is 4.07. The molecule has 3 heterocycles. The van der Waals surface area contributed by atoms with Gasteiger partial charge in [-0.25, -0.2) is 0 Å². The summed E-state index contributed by atoms with van der Waals surface area (Å²) in [4.78, 5) is 18.9. The van der Waals surface area contributed by atoms with E-state index in [4.69, 9.17) is 4.52 Å². The van der Waals surface area contributed by atoms with E-state index >= 15 is 0 Å². The van der Waals surface area contributed by atoms with E-state index in [1.807, 2.05) is 56.0 Å². The van der Waals surface area contributed by atoms with Gasteiger partial charge in [0.2, 0.25) is 0 Å². The van der Waals surface area contributed by atoms with Crippen molar-refractivity contribution in [2.24, 2.45) is 0 Å². The van der Waals surface area contributed by atoms with E-state index in [-0.39, 0.29) is 5.91 Å². The van der Waals surface area contributed by atoms with Gasteiger partial charge < -0.3 is 9.42 Å². The highest BCUT2D eigenvalue weighted by Crippen LogP contribution is 2.17. The highest BCUT2D eigenvalue weighted by Gasteiger charge is 2.25. The fourth-order valence-electron chi connectivity index (χ4n) is 3.69. The van der Waals surface area contributed by atoms with Gasteiger partial charge in [-0.15, -0.1) is 5.10 Å². The van der Waals surface area contributed by atoms with Crippen molar-refractivity contribution >= 4 is 5.91 Å². The van der Waals surface area contributed by atoms with Gasteiger partial charge in [-0.2, -0.15) is 9.90 Å². The molecule has 0 radical (unpaired) electrons. The number of aryl methyl sites for hydroxylation is 3. The van der Waals surface area contributed by atoms with Gasteiger partial charge in [0.05, 0.1) is 17.1 Å². The van der Waals surface area contributed by atoms with Crippen LogP contribution in [0.25, 0.3) is 5.69 Å². The minimum atomic E-state index is -0.0520. The van der Waals surface area contributed by atoms with Crippen LogP contribution in [-0.4, -0.2) is 62.0 Å². The van der Waals surface area contributed by atoms with Crippen LogP contribution in [0.4, 0.5) is 0 Å². The van der Waals surface area contributed by atoms with Crippen LogP contribution >= 0.6 is 0 Å². The molecule has 3 aromatic rings. The lowest BCUT2D eigenvalue weighted by atomic mass is 10.2. The molecule has 1 aromatic carbocycles. The Labute approximate surface area is 170 Å². The number of para-hydroxylation sites is 1. The molecule has 29 heavy (non-hydrogen) atoms. The first kappa shape index (κ1) is 19.3. The fraction of sp³-hybridized carbons (Fsp3) is 0.429. The van der Waals surface area contributed by atoms with E-state index in [0.717, 1.165) is 48.8 Å². The van der Waals surface area contributed by atoms with Gasteiger partial charge in [0, 0.05) is 38.3 Å². The first-order valence-corrected chi connectivity index (χ1v) is 9.95. The van der Waals surface area contributed by atoms with Crippen LogP contribution in [0, 0.1) is 20.8 Å². The maximum absolute atomic E-state index is 13.1. The molecule has 0 atom stereocenters. The number of hydrogen-bond acceptors (Lipinski definition) is 6. The van der Waals surface area contributed by atoms with Crippen molar-refractivity contribution in [3.63, 3.8) is 0 Å². The van der Waals surface area contributed by atoms with Crippen LogP contribution < -0.4 is 0 Å². The first-order valence-electron chi connectivity index (χ1n) is 9.95. The summed E-state index contributed by atoms with van der Waals surface area (Å²) in [6.45, 7) is 9.67. The number of carbonyl (C=O) groups excluding carboxylic acids is 1. The smallest absolute Gasteiger partial charge is 0.276 e. The second kappa shape index (κ2) is 8.16. The lowest BCUT2D eigenvalue weighted by Gasteiger charge is -2.21. The summed E-state index contributed by atoms with van der Waals surface area (Å²) >= 11 is 0. The molecule has 2 aromatic heterocycles. The molecule has 1 aliphatic rings. The summed E-state index contributed by atoms with van der Waals surface area (Å²) in [5, 5.41) is 12.9. The maximum Gasteiger partial charge on any atom is 0.276 e. The number of carbonyl (C=O) groups is 1. The number of benzene rings is 1. The van der Waals surface area contributed by atoms with Crippen LogP contribution in [0.2, 0.25) is 0 Å². The van der Waals surface area contributed by atoms with Crippen LogP contribution in [0.15, 0.2) is 34.9 Å². The summed E-state index contributed by atoms with van der Waals surface area (Å²) in [6.07, 6.45) is 0.918. The van der Waals surface area contributed by atoms with Gasteiger partial charge in [0.1, 0.15) is 5.76 Å². The molecule has 0 bridgehead atoms. The molecule has 0 saturated carbocycles. The molecule has 1 saturated heterocycles. The third-order valence-corrected chi connectivity index (χ3v) is 5.41. The van der Waals surface area contributed by atoms with Crippen molar-refractivity contribution in [2.75, 3.05) is 26.2 Å². The van der Waals surface area contributed by atoms with E-state index in [2.05, 4.69) is 20.3 Å². The minimum Gasteiger partial charge on any atom is -0.361 e. The molecule has 0 unspecified atom stereocenters. The Kier molecular flexibility index (Phi) is 5.44. The topological polar surface area (TPSA) is 80.3 Å². The molecule has 0 spiro atoms. The van der Waals surface area contributed by atoms with Crippen LogP contribution in [0.3, 0.4) is 0 Å².